The topological polar surface area (TPSA) is 96.0 Å². The number of hydrogen-bond acceptors (Lipinski definition) is 5. The summed E-state index contributed by atoms with van der Waals surface area (Å²) in [5.74, 6) is -2.42. The number of carboxylic acids is 1. The highest BCUT2D eigenvalue weighted by molar-refractivity contribution is 6.26. The van der Waals surface area contributed by atoms with Crippen LogP contribution < -0.4 is 5.73 Å². The number of benzene rings is 1. The molecule has 1 aromatic rings. The zero-order valence-corrected chi connectivity index (χ0v) is 14.4. The van der Waals surface area contributed by atoms with Crippen LogP contribution in [0.2, 0.25) is 0 Å². The van der Waals surface area contributed by atoms with Crippen LogP contribution in [0.4, 0.5) is 5.69 Å². The van der Waals surface area contributed by atoms with Gasteiger partial charge in [-0.2, -0.15) is 0 Å². The molecule has 2 aliphatic heterocycles. The van der Waals surface area contributed by atoms with E-state index in [-0.39, 0.29) is 17.8 Å². The van der Waals surface area contributed by atoms with E-state index in [4.69, 9.17) is 5.73 Å². The molecule has 1 aromatic carbocycles. The van der Waals surface area contributed by atoms with Crippen molar-refractivity contribution in [3.63, 3.8) is 0 Å². The number of nitrogens with zero attached hydrogens (tertiary/aromatic N) is 2. The maximum atomic E-state index is 12.6. The lowest BCUT2D eigenvalue weighted by Gasteiger charge is -2.42. The van der Waals surface area contributed by atoms with E-state index in [1.165, 1.54) is 0 Å². The molecule has 3 rings (SSSR count). The Morgan fingerprint density at radius 2 is 2.17 bits per heavy atom. The van der Waals surface area contributed by atoms with Crippen molar-refractivity contribution in [3.05, 3.63) is 29.8 Å². The number of likely N-dealkylation sites (tertiary alicyclic amines) is 1. The van der Waals surface area contributed by atoms with Gasteiger partial charge in [-0.1, -0.05) is 19.1 Å². The van der Waals surface area contributed by atoms with Gasteiger partial charge < -0.3 is 15.7 Å². The molecule has 1 saturated heterocycles. The number of carboxylic acid groups (broad SMARTS) is 1. The summed E-state index contributed by atoms with van der Waals surface area (Å²) in [5, 5.41) is 9.57. The molecule has 1 fully saturated rings. The second kappa shape index (κ2) is 6.91. The fourth-order valence-electron chi connectivity index (χ4n) is 3.39. The molecule has 24 heavy (non-hydrogen) atoms. The number of ketones is 1. The molecule has 0 aromatic heterocycles. The molecule has 2 heterocycles. The fourth-order valence-corrected chi connectivity index (χ4v) is 3.39. The first kappa shape index (κ1) is 18.4. The highest BCUT2D eigenvalue weighted by Gasteiger charge is 2.42. The summed E-state index contributed by atoms with van der Waals surface area (Å²) < 4.78 is 0. The van der Waals surface area contributed by atoms with Crippen molar-refractivity contribution in [2.75, 3.05) is 19.6 Å². The quantitative estimate of drug-likeness (QED) is 0.795. The molecule has 2 unspecified atom stereocenters. The Kier molecular flexibility index (Phi) is 5.30. The molecule has 0 aliphatic carbocycles. The summed E-state index contributed by atoms with van der Waals surface area (Å²) in [5.41, 5.74) is 6.72. The third-order valence-electron chi connectivity index (χ3n) is 4.77. The molecule has 2 atom stereocenters. The number of carbonyl (C=O) groups excluding carboxylic acids is 1. The van der Waals surface area contributed by atoms with Crippen molar-refractivity contribution in [3.8, 4) is 0 Å². The second-order valence-electron chi connectivity index (χ2n) is 6.66. The summed E-state index contributed by atoms with van der Waals surface area (Å²) in [6, 6.07) is 6.91. The Labute approximate surface area is 147 Å². The lowest BCUT2D eigenvalue weighted by Crippen LogP contribution is -2.52. The average molecular weight is 352 g/mol. The number of fused-ring (bicyclic) bond motifs is 1. The summed E-state index contributed by atoms with van der Waals surface area (Å²) in [7, 11) is 0. The number of piperidine rings is 1. The number of para-hydroxylation sites is 1. The predicted octanol–water partition coefficient (Wildman–Crippen LogP) is 2.10. The van der Waals surface area contributed by atoms with Crippen molar-refractivity contribution >= 4 is 35.7 Å². The van der Waals surface area contributed by atoms with E-state index in [0.717, 1.165) is 12.8 Å². The minimum absolute atomic E-state index is 0. The van der Waals surface area contributed by atoms with E-state index in [2.05, 4.69) is 11.9 Å². The van der Waals surface area contributed by atoms with Crippen LogP contribution in [0.25, 0.3) is 0 Å². The third kappa shape index (κ3) is 3.16. The number of carbonyl (C=O) groups is 2. The maximum absolute atomic E-state index is 12.6. The number of nitrogens with two attached hydrogens (primary N) is 1. The zero-order chi connectivity index (χ0) is 16.6. The summed E-state index contributed by atoms with van der Waals surface area (Å²) in [6.45, 7) is 3.95. The number of amidine groups is 1. The maximum Gasteiger partial charge on any atom is 0.322 e. The predicted molar refractivity (Wildman–Crippen MR) is 94.2 cm³/mol. The molecule has 2 aliphatic rings. The van der Waals surface area contributed by atoms with Gasteiger partial charge in [-0.3, -0.25) is 9.59 Å². The molecular weight excluding hydrogens is 330 g/mol. The highest BCUT2D eigenvalue weighted by Crippen LogP contribution is 2.34. The molecule has 0 spiro atoms. The minimum atomic E-state index is -1.23. The van der Waals surface area contributed by atoms with E-state index in [1.807, 2.05) is 4.90 Å². The Morgan fingerprint density at radius 3 is 2.83 bits per heavy atom. The van der Waals surface area contributed by atoms with Crippen molar-refractivity contribution in [2.24, 2.45) is 22.1 Å². The van der Waals surface area contributed by atoms with Gasteiger partial charge in [-0.05, 0) is 36.9 Å². The van der Waals surface area contributed by atoms with Gasteiger partial charge in [-0.15, -0.1) is 12.4 Å². The Hall–Kier alpha value is -1.92. The highest BCUT2D eigenvalue weighted by atomic mass is 35.5. The van der Waals surface area contributed by atoms with E-state index in [0.29, 0.717) is 36.7 Å². The Balaban J connectivity index is 0.00000208. The normalized spacial score (nSPS) is 26.2. The lowest BCUT2D eigenvalue weighted by atomic mass is 9.81. The first-order chi connectivity index (χ1) is 10.9. The van der Waals surface area contributed by atoms with Gasteiger partial charge in [0.1, 0.15) is 5.84 Å². The van der Waals surface area contributed by atoms with E-state index in [1.54, 1.807) is 24.3 Å². The largest absolute Gasteiger partial charge is 0.480 e. The first-order valence-electron chi connectivity index (χ1n) is 7.85. The van der Waals surface area contributed by atoms with Crippen LogP contribution in [0.5, 0.6) is 0 Å². The van der Waals surface area contributed by atoms with Crippen LogP contribution in [-0.2, 0) is 4.79 Å². The van der Waals surface area contributed by atoms with Crippen LogP contribution in [0.15, 0.2) is 29.3 Å². The van der Waals surface area contributed by atoms with Crippen LogP contribution in [-0.4, -0.2) is 47.2 Å². The summed E-state index contributed by atoms with van der Waals surface area (Å²) >= 11 is 0. The first-order valence-corrected chi connectivity index (χ1v) is 7.85. The monoisotopic (exact) mass is 351 g/mol. The van der Waals surface area contributed by atoms with Gasteiger partial charge in [-0.25, -0.2) is 4.99 Å². The van der Waals surface area contributed by atoms with Crippen molar-refractivity contribution in [1.29, 1.82) is 0 Å². The minimum Gasteiger partial charge on any atom is -0.480 e. The average Bonchev–Trinajstić information content (AvgIpc) is 2.54. The number of hydrogen-bond donors (Lipinski definition) is 2. The van der Waals surface area contributed by atoms with Gasteiger partial charge >= 0.3 is 5.97 Å². The van der Waals surface area contributed by atoms with Crippen LogP contribution in [0, 0.1) is 11.3 Å². The van der Waals surface area contributed by atoms with Gasteiger partial charge in [0.15, 0.2) is 11.7 Å². The summed E-state index contributed by atoms with van der Waals surface area (Å²) in [4.78, 5) is 30.8. The lowest BCUT2D eigenvalue weighted by molar-refractivity contribution is -0.138. The molecule has 0 radical (unpaired) electrons. The molecule has 0 amide bonds. The van der Waals surface area contributed by atoms with Gasteiger partial charge in [0.05, 0.1) is 5.69 Å². The number of aliphatic imine (C=N–C) groups is 1. The van der Waals surface area contributed by atoms with E-state index >= 15 is 0 Å². The number of rotatable bonds is 2. The van der Waals surface area contributed by atoms with Gasteiger partial charge in [0, 0.05) is 18.7 Å². The molecule has 7 heteroatoms. The molecule has 0 saturated carbocycles. The Morgan fingerprint density at radius 1 is 1.46 bits per heavy atom. The molecule has 3 N–H and O–H groups in total. The fraction of sp³-hybridized carbons (Fsp3) is 0.471. The van der Waals surface area contributed by atoms with Crippen LogP contribution >= 0.6 is 12.4 Å². The van der Waals surface area contributed by atoms with Crippen molar-refractivity contribution in [2.45, 2.75) is 19.8 Å². The molecule has 6 nitrogen and oxygen atoms in total. The molecule has 0 bridgehead atoms. The van der Waals surface area contributed by atoms with E-state index < -0.39 is 17.7 Å². The number of halogens is 1. The van der Waals surface area contributed by atoms with Crippen LogP contribution in [0.3, 0.4) is 0 Å². The SMILES string of the molecule is CC1(CN)CCCN(C2=Nc3ccccc3C(=O)C2C(=O)O)C1.Cl. The van der Waals surface area contributed by atoms with Gasteiger partial charge in [0.2, 0.25) is 0 Å². The van der Waals surface area contributed by atoms with Crippen molar-refractivity contribution < 1.29 is 14.7 Å². The number of Topliss-reactive ketones (excluding diaryl/α,β-unsaturated/α-hetero) is 1. The standard InChI is InChI=1S/C17H21N3O3.ClH/c1-17(9-18)7-4-8-20(10-17)15-13(16(22)23)14(21)11-5-2-3-6-12(11)19-15;/h2-3,5-6,13H,4,7-10,18H2,1H3,(H,22,23);1H. The smallest absolute Gasteiger partial charge is 0.322 e. The second-order valence-corrected chi connectivity index (χ2v) is 6.66. The zero-order valence-electron chi connectivity index (χ0n) is 13.6. The number of aliphatic carboxylic acids is 1. The summed E-state index contributed by atoms with van der Waals surface area (Å²) in [6.07, 6.45) is 1.91. The van der Waals surface area contributed by atoms with Crippen molar-refractivity contribution in [1.82, 2.24) is 4.90 Å². The van der Waals surface area contributed by atoms with E-state index in [9.17, 15) is 14.7 Å². The molecule has 130 valence electrons. The molecular formula is C17H22ClN3O3. The Bertz CT molecular complexity index is 691. The van der Waals surface area contributed by atoms with Gasteiger partial charge in [0.25, 0.3) is 0 Å². The van der Waals surface area contributed by atoms with Crippen LogP contribution in [0.1, 0.15) is 30.1 Å². The third-order valence-corrected chi connectivity index (χ3v) is 4.77.